The normalized spacial score (nSPS) is 11.0. The van der Waals surface area contributed by atoms with Crippen molar-refractivity contribution in [2.75, 3.05) is 12.1 Å². The Labute approximate surface area is 149 Å². The van der Waals surface area contributed by atoms with Crippen molar-refractivity contribution in [3.8, 4) is 11.3 Å². The standard InChI is InChI=1S/C19H17N3O2S/c1-13-7-3-5-9-15(13)17-12-25-19(21-17)22(2)20-11-14-8-4-6-10-16(14)18(23)24/h3-12H,1-2H3,(H,23,24)/b20-11+. The number of rotatable bonds is 5. The highest BCUT2D eigenvalue weighted by molar-refractivity contribution is 7.14. The summed E-state index contributed by atoms with van der Waals surface area (Å²) >= 11 is 1.49. The fourth-order valence-electron chi connectivity index (χ4n) is 2.40. The summed E-state index contributed by atoms with van der Waals surface area (Å²) in [5.41, 5.74) is 3.95. The first-order valence-corrected chi connectivity index (χ1v) is 8.56. The molecule has 0 saturated carbocycles. The second-order valence-electron chi connectivity index (χ2n) is 5.49. The zero-order valence-corrected chi connectivity index (χ0v) is 14.7. The van der Waals surface area contributed by atoms with Crippen LogP contribution in [0.3, 0.4) is 0 Å². The van der Waals surface area contributed by atoms with Crippen LogP contribution in [0.25, 0.3) is 11.3 Å². The Kier molecular flexibility index (Phi) is 4.90. The Bertz CT molecular complexity index is 934. The molecule has 0 radical (unpaired) electrons. The average Bonchev–Trinajstić information content (AvgIpc) is 3.10. The summed E-state index contributed by atoms with van der Waals surface area (Å²) in [6.07, 6.45) is 1.54. The highest BCUT2D eigenvalue weighted by Gasteiger charge is 2.10. The van der Waals surface area contributed by atoms with Crippen LogP contribution in [0.5, 0.6) is 0 Å². The van der Waals surface area contributed by atoms with Crippen LogP contribution >= 0.6 is 11.3 Å². The molecule has 0 aliphatic rings. The van der Waals surface area contributed by atoms with Crippen molar-refractivity contribution in [1.82, 2.24) is 4.98 Å². The third-order valence-corrected chi connectivity index (χ3v) is 4.66. The molecule has 3 rings (SSSR count). The molecule has 0 fully saturated rings. The molecule has 1 aromatic heterocycles. The van der Waals surface area contributed by atoms with Crippen molar-refractivity contribution >= 4 is 28.7 Å². The van der Waals surface area contributed by atoms with Gasteiger partial charge in [-0.05, 0) is 18.6 Å². The van der Waals surface area contributed by atoms with Gasteiger partial charge in [-0.1, -0.05) is 42.5 Å². The number of aromatic carboxylic acids is 1. The first-order chi connectivity index (χ1) is 12.1. The highest BCUT2D eigenvalue weighted by Crippen LogP contribution is 2.28. The Morgan fingerprint density at radius 3 is 2.68 bits per heavy atom. The summed E-state index contributed by atoms with van der Waals surface area (Å²) in [7, 11) is 1.79. The molecule has 1 N–H and O–H groups in total. The van der Waals surface area contributed by atoms with E-state index in [9.17, 15) is 9.90 Å². The number of carbonyl (C=O) groups is 1. The summed E-state index contributed by atoms with van der Waals surface area (Å²) in [6.45, 7) is 2.05. The number of hydrazone groups is 1. The summed E-state index contributed by atoms with van der Waals surface area (Å²) in [4.78, 5) is 15.9. The van der Waals surface area contributed by atoms with Gasteiger partial charge in [0.2, 0.25) is 5.13 Å². The van der Waals surface area contributed by atoms with Crippen molar-refractivity contribution < 1.29 is 9.90 Å². The molecule has 126 valence electrons. The number of hydrogen-bond donors (Lipinski definition) is 1. The minimum Gasteiger partial charge on any atom is -0.478 e. The van der Waals surface area contributed by atoms with Crippen LogP contribution in [-0.4, -0.2) is 29.3 Å². The summed E-state index contributed by atoms with van der Waals surface area (Å²) in [5, 5.41) is 17.9. The fourth-order valence-corrected chi connectivity index (χ4v) is 3.15. The van der Waals surface area contributed by atoms with Crippen LogP contribution in [0, 0.1) is 6.92 Å². The largest absolute Gasteiger partial charge is 0.478 e. The molecule has 25 heavy (non-hydrogen) atoms. The minimum absolute atomic E-state index is 0.222. The number of aryl methyl sites for hydroxylation is 1. The first kappa shape index (κ1) is 16.9. The van der Waals surface area contributed by atoms with E-state index in [1.807, 2.05) is 23.6 Å². The van der Waals surface area contributed by atoms with E-state index in [-0.39, 0.29) is 5.56 Å². The van der Waals surface area contributed by atoms with Crippen molar-refractivity contribution in [1.29, 1.82) is 0 Å². The molecule has 1 heterocycles. The molecule has 0 unspecified atom stereocenters. The zero-order chi connectivity index (χ0) is 17.8. The molecule has 0 amide bonds. The molecule has 5 nitrogen and oxygen atoms in total. The number of nitrogens with zero attached hydrogens (tertiary/aromatic N) is 3. The van der Waals surface area contributed by atoms with Crippen molar-refractivity contribution in [2.45, 2.75) is 6.92 Å². The fraction of sp³-hybridized carbons (Fsp3) is 0.105. The van der Waals surface area contributed by atoms with Gasteiger partial charge in [0.25, 0.3) is 0 Å². The predicted molar refractivity (Wildman–Crippen MR) is 102 cm³/mol. The van der Waals surface area contributed by atoms with Crippen LogP contribution < -0.4 is 5.01 Å². The SMILES string of the molecule is Cc1ccccc1-c1csc(N(C)/N=C/c2ccccc2C(=O)O)n1. The number of carboxylic acid groups (broad SMARTS) is 1. The zero-order valence-electron chi connectivity index (χ0n) is 13.9. The number of aromatic nitrogens is 1. The lowest BCUT2D eigenvalue weighted by Gasteiger charge is -2.08. The third kappa shape index (κ3) is 3.75. The van der Waals surface area contributed by atoms with E-state index in [2.05, 4.69) is 23.1 Å². The predicted octanol–water partition coefficient (Wildman–Crippen LogP) is 4.29. The van der Waals surface area contributed by atoms with E-state index in [4.69, 9.17) is 0 Å². The summed E-state index contributed by atoms with van der Waals surface area (Å²) < 4.78 is 0. The highest BCUT2D eigenvalue weighted by atomic mass is 32.1. The van der Waals surface area contributed by atoms with E-state index in [1.165, 1.54) is 23.1 Å². The van der Waals surface area contributed by atoms with Gasteiger partial charge in [0.15, 0.2) is 0 Å². The molecule has 0 aliphatic heterocycles. The second kappa shape index (κ2) is 7.27. The molecule has 0 bridgehead atoms. The summed E-state index contributed by atoms with van der Waals surface area (Å²) in [6, 6.07) is 14.9. The molecule has 0 saturated heterocycles. The number of thiazole rings is 1. The van der Waals surface area contributed by atoms with Gasteiger partial charge in [0.1, 0.15) is 0 Å². The van der Waals surface area contributed by atoms with E-state index in [0.29, 0.717) is 5.56 Å². The Morgan fingerprint density at radius 1 is 1.20 bits per heavy atom. The smallest absolute Gasteiger partial charge is 0.336 e. The van der Waals surface area contributed by atoms with Gasteiger partial charge in [-0.25, -0.2) is 14.8 Å². The molecule has 3 aromatic rings. The molecule has 2 aromatic carbocycles. The topological polar surface area (TPSA) is 65.8 Å². The lowest BCUT2D eigenvalue weighted by atomic mass is 10.1. The van der Waals surface area contributed by atoms with E-state index >= 15 is 0 Å². The van der Waals surface area contributed by atoms with Gasteiger partial charge in [-0.15, -0.1) is 11.3 Å². The van der Waals surface area contributed by atoms with E-state index < -0.39 is 5.97 Å². The first-order valence-electron chi connectivity index (χ1n) is 7.68. The molecular formula is C19H17N3O2S. The Hall–Kier alpha value is -2.99. The summed E-state index contributed by atoms with van der Waals surface area (Å²) in [5.74, 6) is -0.971. The van der Waals surface area contributed by atoms with Gasteiger partial charge in [-0.3, -0.25) is 0 Å². The lowest BCUT2D eigenvalue weighted by Crippen LogP contribution is -2.09. The average molecular weight is 351 g/mol. The van der Waals surface area contributed by atoms with Crippen LogP contribution in [0.15, 0.2) is 59.0 Å². The molecule has 6 heteroatoms. The Balaban J connectivity index is 1.82. The van der Waals surface area contributed by atoms with E-state index in [0.717, 1.165) is 16.4 Å². The Morgan fingerprint density at radius 2 is 1.92 bits per heavy atom. The van der Waals surface area contributed by atoms with Crippen LogP contribution in [0.2, 0.25) is 0 Å². The van der Waals surface area contributed by atoms with Gasteiger partial charge >= 0.3 is 5.97 Å². The van der Waals surface area contributed by atoms with Crippen molar-refractivity contribution in [2.24, 2.45) is 5.10 Å². The van der Waals surface area contributed by atoms with Crippen LogP contribution in [0.1, 0.15) is 21.5 Å². The van der Waals surface area contributed by atoms with Crippen molar-refractivity contribution in [3.63, 3.8) is 0 Å². The number of benzene rings is 2. The lowest BCUT2D eigenvalue weighted by molar-refractivity contribution is 0.0697. The molecular weight excluding hydrogens is 334 g/mol. The monoisotopic (exact) mass is 351 g/mol. The molecule has 0 atom stereocenters. The van der Waals surface area contributed by atoms with Gasteiger partial charge in [-0.2, -0.15) is 5.10 Å². The quantitative estimate of drug-likeness (QED) is 0.550. The van der Waals surface area contributed by atoms with Crippen LogP contribution in [0.4, 0.5) is 5.13 Å². The third-order valence-electron chi connectivity index (χ3n) is 3.75. The number of carboxylic acids is 1. The number of anilines is 1. The van der Waals surface area contributed by atoms with Crippen molar-refractivity contribution in [3.05, 3.63) is 70.6 Å². The van der Waals surface area contributed by atoms with E-state index in [1.54, 1.807) is 36.3 Å². The van der Waals surface area contributed by atoms with Gasteiger partial charge < -0.3 is 5.11 Å². The maximum Gasteiger partial charge on any atom is 0.336 e. The van der Waals surface area contributed by atoms with Crippen LogP contribution in [-0.2, 0) is 0 Å². The maximum absolute atomic E-state index is 11.2. The van der Waals surface area contributed by atoms with Gasteiger partial charge in [0, 0.05) is 23.6 Å². The maximum atomic E-state index is 11.2. The van der Waals surface area contributed by atoms with Gasteiger partial charge in [0.05, 0.1) is 17.5 Å². The number of hydrogen-bond acceptors (Lipinski definition) is 5. The molecule has 0 spiro atoms. The molecule has 0 aliphatic carbocycles. The second-order valence-corrected chi connectivity index (χ2v) is 6.33. The minimum atomic E-state index is -0.971.